The van der Waals surface area contributed by atoms with Gasteiger partial charge in [-0.15, -0.1) is 0 Å². The van der Waals surface area contributed by atoms with Gasteiger partial charge in [-0.2, -0.15) is 5.10 Å². The molecule has 1 atom stereocenters. The largest absolute Gasteiger partial charge is 0.493 e. The molecule has 1 heterocycles. The van der Waals surface area contributed by atoms with Gasteiger partial charge < -0.3 is 10.1 Å². The second-order valence-electron chi connectivity index (χ2n) is 4.21. The molecule has 0 amide bonds. The van der Waals surface area contributed by atoms with Crippen LogP contribution in [0.5, 0.6) is 5.75 Å². The van der Waals surface area contributed by atoms with Gasteiger partial charge in [0.05, 0.1) is 25.0 Å². The molecular weight excluding hydrogens is 214 g/mol. The average Bonchev–Trinajstić information content (AvgIpc) is 2.77. The molecule has 4 heteroatoms. The topological polar surface area (TPSA) is 39.1 Å². The first-order valence-electron chi connectivity index (χ1n) is 6.61. The fraction of sp³-hybridized carbons (Fsp3) is 0.769. The molecule has 0 aromatic carbocycles. The van der Waals surface area contributed by atoms with Gasteiger partial charge in [-0.1, -0.05) is 20.3 Å². The molecule has 0 saturated carbocycles. The lowest BCUT2D eigenvalue weighted by Crippen LogP contribution is -2.25. The summed E-state index contributed by atoms with van der Waals surface area (Å²) in [5.74, 6) is 0.897. The predicted molar refractivity (Wildman–Crippen MR) is 70.4 cm³/mol. The summed E-state index contributed by atoms with van der Waals surface area (Å²) >= 11 is 0. The summed E-state index contributed by atoms with van der Waals surface area (Å²) in [5.41, 5.74) is 1.19. The maximum atomic E-state index is 5.41. The average molecular weight is 239 g/mol. The first kappa shape index (κ1) is 14.0. The van der Waals surface area contributed by atoms with E-state index in [4.69, 9.17) is 4.74 Å². The predicted octanol–water partition coefficient (Wildman–Crippen LogP) is 2.75. The van der Waals surface area contributed by atoms with Gasteiger partial charge in [0.2, 0.25) is 0 Å². The van der Waals surface area contributed by atoms with Crippen LogP contribution in [0.2, 0.25) is 0 Å². The van der Waals surface area contributed by atoms with Gasteiger partial charge in [-0.05, 0) is 26.3 Å². The summed E-state index contributed by atoms with van der Waals surface area (Å²) in [7, 11) is 1.71. The van der Waals surface area contributed by atoms with Crippen LogP contribution in [-0.2, 0) is 6.54 Å². The van der Waals surface area contributed by atoms with Crippen molar-refractivity contribution in [2.24, 2.45) is 0 Å². The van der Waals surface area contributed by atoms with Crippen LogP contribution in [0.3, 0.4) is 0 Å². The zero-order valence-electron chi connectivity index (χ0n) is 11.5. The molecule has 1 aromatic rings. The van der Waals surface area contributed by atoms with E-state index in [2.05, 4.69) is 31.2 Å². The Morgan fingerprint density at radius 3 is 2.65 bits per heavy atom. The molecule has 1 rings (SSSR count). The molecule has 0 fully saturated rings. The van der Waals surface area contributed by atoms with E-state index < -0.39 is 0 Å². The molecule has 1 aromatic heterocycles. The second kappa shape index (κ2) is 7.33. The smallest absolute Gasteiger partial charge is 0.161 e. The van der Waals surface area contributed by atoms with Crippen molar-refractivity contribution in [2.45, 2.75) is 52.6 Å². The Morgan fingerprint density at radius 1 is 1.35 bits per heavy atom. The Hall–Kier alpha value is -1.03. The summed E-state index contributed by atoms with van der Waals surface area (Å²) in [4.78, 5) is 0. The van der Waals surface area contributed by atoms with Gasteiger partial charge in [0.15, 0.2) is 5.75 Å². The Balaban J connectivity index is 2.93. The molecule has 98 valence electrons. The number of nitrogens with one attached hydrogen (secondary N) is 1. The lowest BCUT2D eigenvalue weighted by atomic mass is 10.1. The SMILES string of the molecule is CCCNC(CCC)c1c(OC)cnn1CC. The number of ether oxygens (including phenoxy) is 1. The van der Waals surface area contributed by atoms with Crippen LogP contribution in [0.1, 0.15) is 51.8 Å². The minimum atomic E-state index is 0.345. The zero-order valence-corrected chi connectivity index (χ0v) is 11.5. The molecule has 0 aliphatic heterocycles. The molecule has 0 aliphatic carbocycles. The van der Waals surface area contributed by atoms with Crippen molar-refractivity contribution >= 4 is 0 Å². The highest BCUT2D eigenvalue weighted by Gasteiger charge is 2.20. The number of aromatic nitrogens is 2. The molecular formula is C13H25N3O. The molecule has 0 bridgehead atoms. The van der Waals surface area contributed by atoms with Gasteiger partial charge in [-0.25, -0.2) is 0 Å². The first-order chi connectivity index (χ1) is 8.28. The van der Waals surface area contributed by atoms with E-state index in [-0.39, 0.29) is 0 Å². The number of hydrogen-bond acceptors (Lipinski definition) is 3. The fourth-order valence-electron chi connectivity index (χ4n) is 2.08. The third-order valence-electron chi connectivity index (χ3n) is 2.91. The van der Waals surface area contributed by atoms with Crippen molar-refractivity contribution in [3.63, 3.8) is 0 Å². The highest BCUT2D eigenvalue weighted by Crippen LogP contribution is 2.27. The number of hydrogen-bond donors (Lipinski definition) is 1. The van der Waals surface area contributed by atoms with Gasteiger partial charge in [0.1, 0.15) is 0 Å². The van der Waals surface area contributed by atoms with Gasteiger partial charge in [-0.3, -0.25) is 4.68 Å². The summed E-state index contributed by atoms with van der Waals surface area (Å²) in [6.07, 6.45) is 5.22. The summed E-state index contributed by atoms with van der Waals surface area (Å²) in [6.45, 7) is 8.41. The van der Waals surface area contributed by atoms with Crippen LogP contribution in [0, 0.1) is 0 Å². The standard InChI is InChI=1S/C13H25N3O/c1-5-8-11(14-9-6-2)13-12(17-4)10-15-16(13)7-3/h10-11,14H,5-9H2,1-4H3. The van der Waals surface area contributed by atoms with Crippen molar-refractivity contribution in [1.82, 2.24) is 15.1 Å². The fourth-order valence-corrected chi connectivity index (χ4v) is 2.08. The van der Waals surface area contributed by atoms with Crippen LogP contribution >= 0.6 is 0 Å². The van der Waals surface area contributed by atoms with E-state index in [0.29, 0.717) is 6.04 Å². The molecule has 0 aliphatic rings. The van der Waals surface area contributed by atoms with Crippen LogP contribution in [0.15, 0.2) is 6.20 Å². The molecule has 0 spiro atoms. The number of methoxy groups -OCH3 is 1. The van der Waals surface area contributed by atoms with Gasteiger partial charge >= 0.3 is 0 Å². The van der Waals surface area contributed by atoms with E-state index in [9.17, 15) is 0 Å². The molecule has 1 N–H and O–H groups in total. The normalized spacial score (nSPS) is 12.7. The van der Waals surface area contributed by atoms with E-state index in [1.807, 2.05) is 10.9 Å². The number of aryl methyl sites for hydroxylation is 1. The van der Waals surface area contributed by atoms with Crippen molar-refractivity contribution in [1.29, 1.82) is 0 Å². The molecule has 17 heavy (non-hydrogen) atoms. The maximum Gasteiger partial charge on any atom is 0.161 e. The van der Waals surface area contributed by atoms with Crippen molar-refractivity contribution < 1.29 is 4.74 Å². The van der Waals surface area contributed by atoms with Crippen LogP contribution in [0.25, 0.3) is 0 Å². The monoisotopic (exact) mass is 239 g/mol. The quantitative estimate of drug-likeness (QED) is 0.758. The van der Waals surface area contributed by atoms with Crippen molar-refractivity contribution in [2.75, 3.05) is 13.7 Å². The maximum absolute atomic E-state index is 5.41. The third kappa shape index (κ3) is 3.46. The Kier molecular flexibility index (Phi) is 6.05. The van der Waals surface area contributed by atoms with E-state index in [1.54, 1.807) is 7.11 Å². The highest BCUT2D eigenvalue weighted by molar-refractivity contribution is 5.28. The molecule has 0 saturated heterocycles. The Labute approximate surface area is 104 Å². The zero-order chi connectivity index (χ0) is 12.7. The highest BCUT2D eigenvalue weighted by atomic mass is 16.5. The minimum absolute atomic E-state index is 0.345. The summed E-state index contributed by atoms with van der Waals surface area (Å²) < 4.78 is 7.44. The van der Waals surface area contributed by atoms with E-state index in [0.717, 1.165) is 38.1 Å². The third-order valence-corrected chi connectivity index (χ3v) is 2.91. The van der Waals surface area contributed by atoms with Crippen molar-refractivity contribution in [3.8, 4) is 5.75 Å². The summed E-state index contributed by atoms with van der Waals surface area (Å²) in [5, 5.41) is 7.95. The lowest BCUT2D eigenvalue weighted by Gasteiger charge is -2.20. The van der Waals surface area contributed by atoms with Gasteiger partial charge in [0.25, 0.3) is 0 Å². The summed E-state index contributed by atoms with van der Waals surface area (Å²) in [6, 6.07) is 0.345. The molecule has 1 unspecified atom stereocenters. The van der Waals surface area contributed by atoms with E-state index >= 15 is 0 Å². The Bertz CT molecular complexity index is 301. The lowest BCUT2D eigenvalue weighted by molar-refractivity contribution is 0.384. The number of nitrogens with zero attached hydrogens (tertiary/aromatic N) is 2. The van der Waals surface area contributed by atoms with Gasteiger partial charge in [0, 0.05) is 6.54 Å². The van der Waals surface area contributed by atoms with Crippen molar-refractivity contribution in [3.05, 3.63) is 11.9 Å². The number of rotatable bonds is 8. The van der Waals surface area contributed by atoms with Crippen LogP contribution in [0.4, 0.5) is 0 Å². The van der Waals surface area contributed by atoms with Crippen LogP contribution in [-0.4, -0.2) is 23.4 Å². The second-order valence-corrected chi connectivity index (χ2v) is 4.21. The molecule has 0 radical (unpaired) electrons. The van der Waals surface area contributed by atoms with E-state index in [1.165, 1.54) is 5.69 Å². The first-order valence-corrected chi connectivity index (χ1v) is 6.61. The van der Waals surface area contributed by atoms with Crippen LogP contribution < -0.4 is 10.1 Å². The Morgan fingerprint density at radius 2 is 2.12 bits per heavy atom. The molecule has 4 nitrogen and oxygen atoms in total. The minimum Gasteiger partial charge on any atom is -0.493 e.